The molecule has 2 nitrogen and oxygen atoms in total. The maximum absolute atomic E-state index is 4.96. The van der Waals surface area contributed by atoms with Gasteiger partial charge in [0, 0.05) is 5.69 Å². The quantitative estimate of drug-likeness (QED) is 0.607. The van der Waals surface area contributed by atoms with Crippen molar-refractivity contribution in [3.8, 4) is 0 Å². The fourth-order valence-electron chi connectivity index (χ4n) is 1.14. The molecule has 0 atom stereocenters. The highest BCUT2D eigenvalue weighted by Gasteiger charge is 2.10. The number of hydrogen-bond acceptors (Lipinski definition) is 2. The Morgan fingerprint density at radius 3 is 2.58 bits per heavy atom. The molecule has 0 N–H and O–H groups in total. The number of anilines is 1. The first kappa shape index (κ1) is 7.43. The Kier molecular flexibility index (Phi) is 1.87. The number of rotatable bonds is 1. The van der Waals surface area contributed by atoms with Gasteiger partial charge in [0.15, 0.2) is 0 Å². The first-order valence-electron chi connectivity index (χ1n) is 3.75. The van der Waals surface area contributed by atoms with Gasteiger partial charge in [-0.2, -0.15) is 0 Å². The maximum Gasteiger partial charge on any atom is 0.124 e. The zero-order valence-corrected chi connectivity index (χ0v) is 7.29. The molecule has 12 heavy (non-hydrogen) atoms. The molecule has 0 radical (unpaired) electrons. The van der Waals surface area contributed by atoms with Crippen LogP contribution in [0.3, 0.4) is 0 Å². The molecular weight excluding hydrogens is 168 g/mol. The summed E-state index contributed by atoms with van der Waals surface area (Å²) in [4.78, 5) is 6.81. The van der Waals surface area contributed by atoms with Gasteiger partial charge in [-0.1, -0.05) is 30.4 Å². The van der Waals surface area contributed by atoms with Crippen molar-refractivity contribution in [2.24, 2.45) is 4.99 Å². The van der Waals surface area contributed by atoms with Crippen LogP contribution in [0.15, 0.2) is 35.3 Å². The molecule has 1 aromatic carbocycles. The topological polar surface area (TPSA) is 15.6 Å². The molecule has 1 heterocycles. The lowest BCUT2D eigenvalue weighted by atomic mass is 10.3. The van der Waals surface area contributed by atoms with E-state index in [1.807, 2.05) is 35.2 Å². The molecule has 1 aromatic rings. The van der Waals surface area contributed by atoms with Crippen LogP contribution in [-0.4, -0.2) is 17.9 Å². The molecular formula is C9H8N2S. The van der Waals surface area contributed by atoms with E-state index in [1.165, 1.54) is 0 Å². The first-order valence-corrected chi connectivity index (χ1v) is 4.16. The summed E-state index contributed by atoms with van der Waals surface area (Å²) in [5.41, 5.74) is 1.14. The molecule has 0 saturated carbocycles. The lowest BCUT2D eigenvalue weighted by Gasteiger charge is -2.12. The third-order valence-electron chi connectivity index (χ3n) is 1.73. The summed E-state index contributed by atoms with van der Waals surface area (Å²) in [5.74, 6) is 0. The number of para-hydroxylation sites is 1. The van der Waals surface area contributed by atoms with Crippen molar-refractivity contribution < 1.29 is 0 Å². The van der Waals surface area contributed by atoms with Crippen LogP contribution in [0.1, 0.15) is 0 Å². The van der Waals surface area contributed by atoms with E-state index in [2.05, 4.69) is 4.99 Å². The van der Waals surface area contributed by atoms with E-state index in [9.17, 15) is 0 Å². The minimum absolute atomic E-state index is 0.735. The monoisotopic (exact) mass is 176 g/mol. The Morgan fingerprint density at radius 1 is 1.25 bits per heavy atom. The number of thiocarbonyl (C=S) groups is 1. The van der Waals surface area contributed by atoms with Gasteiger partial charge in [0.25, 0.3) is 0 Å². The van der Waals surface area contributed by atoms with Gasteiger partial charge in [-0.25, -0.2) is 4.99 Å². The second-order valence-electron chi connectivity index (χ2n) is 2.60. The number of benzene rings is 1. The third-order valence-corrected chi connectivity index (χ3v) is 1.97. The van der Waals surface area contributed by atoms with E-state index in [1.54, 1.807) is 6.34 Å². The summed E-state index contributed by atoms with van der Waals surface area (Å²) in [6.07, 6.45) is 1.78. The highest BCUT2D eigenvalue weighted by Crippen LogP contribution is 2.13. The fraction of sp³-hybridized carbons (Fsp3) is 0.111. The molecule has 0 fully saturated rings. The summed E-state index contributed by atoms with van der Waals surface area (Å²) in [5, 5.41) is 0. The lowest BCUT2D eigenvalue weighted by Crippen LogP contribution is -2.19. The van der Waals surface area contributed by atoms with Crippen LogP contribution in [0.2, 0.25) is 0 Å². The van der Waals surface area contributed by atoms with Crippen molar-refractivity contribution in [1.82, 2.24) is 0 Å². The fourth-order valence-corrected chi connectivity index (χ4v) is 1.33. The minimum Gasteiger partial charge on any atom is -0.325 e. The molecule has 0 aliphatic carbocycles. The number of hydrogen-bond donors (Lipinski definition) is 0. The highest BCUT2D eigenvalue weighted by molar-refractivity contribution is 7.80. The molecule has 0 bridgehead atoms. The SMILES string of the molecule is S=C1CN(c2ccccc2)C=N1. The van der Waals surface area contributed by atoms with Gasteiger partial charge in [0.1, 0.15) is 4.99 Å². The van der Waals surface area contributed by atoms with Crippen molar-refractivity contribution in [2.45, 2.75) is 0 Å². The van der Waals surface area contributed by atoms with Crippen molar-refractivity contribution in [1.29, 1.82) is 0 Å². The Labute approximate surface area is 76.5 Å². The Bertz CT molecular complexity index is 319. The van der Waals surface area contributed by atoms with Crippen LogP contribution in [-0.2, 0) is 0 Å². The molecule has 1 aliphatic heterocycles. The smallest absolute Gasteiger partial charge is 0.124 e. The summed E-state index contributed by atoms with van der Waals surface area (Å²) in [7, 11) is 0. The second kappa shape index (κ2) is 3.03. The first-order chi connectivity index (χ1) is 5.86. The van der Waals surface area contributed by atoms with Gasteiger partial charge in [-0.3, -0.25) is 0 Å². The molecule has 2 rings (SSSR count). The standard InChI is InChI=1S/C9H8N2S/c12-9-6-11(7-10-9)8-4-2-1-3-5-8/h1-5,7H,6H2. The molecule has 1 aliphatic rings. The summed E-state index contributed by atoms with van der Waals surface area (Å²) >= 11 is 4.96. The Morgan fingerprint density at radius 2 is 2.00 bits per heavy atom. The average molecular weight is 176 g/mol. The van der Waals surface area contributed by atoms with E-state index in [0.29, 0.717) is 0 Å². The van der Waals surface area contributed by atoms with Crippen molar-refractivity contribution in [2.75, 3.05) is 11.4 Å². The van der Waals surface area contributed by atoms with Crippen molar-refractivity contribution in [3.05, 3.63) is 30.3 Å². The second-order valence-corrected chi connectivity index (χ2v) is 3.07. The Hall–Kier alpha value is -1.22. The van der Waals surface area contributed by atoms with Crippen molar-refractivity contribution >= 4 is 29.2 Å². The van der Waals surface area contributed by atoms with Crippen molar-refractivity contribution in [3.63, 3.8) is 0 Å². The molecule has 3 heteroatoms. The summed E-state index contributed by atoms with van der Waals surface area (Å²) in [6, 6.07) is 10.1. The van der Waals surface area contributed by atoms with Gasteiger partial charge in [-0.05, 0) is 12.1 Å². The summed E-state index contributed by atoms with van der Waals surface area (Å²) in [6.45, 7) is 0.735. The number of aliphatic imine (C=N–C) groups is 1. The minimum atomic E-state index is 0.735. The van der Waals surface area contributed by atoms with Crippen LogP contribution in [0, 0.1) is 0 Å². The van der Waals surface area contributed by atoms with Gasteiger partial charge in [0.05, 0.1) is 12.9 Å². The predicted molar refractivity (Wildman–Crippen MR) is 54.9 cm³/mol. The molecule has 0 saturated heterocycles. The van der Waals surface area contributed by atoms with Crippen LogP contribution < -0.4 is 4.90 Å². The largest absolute Gasteiger partial charge is 0.325 e. The molecule has 0 spiro atoms. The molecule has 0 amide bonds. The van der Waals surface area contributed by atoms with E-state index in [-0.39, 0.29) is 0 Å². The van der Waals surface area contributed by atoms with Crippen LogP contribution in [0.5, 0.6) is 0 Å². The van der Waals surface area contributed by atoms with E-state index >= 15 is 0 Å². The lowest BCUT2D eigenvalue weighted by molar-refractivity contribution is 1.25. The van der Waals surface area contributed by atoms with Crippen LogP contribution in [0.25, 0.3) is 0 Å². The van der Waals surface area contributed by atoms with E-state index < -0.39 is 0 Å². The zero-order chi connectivity index (χ0) is 8.39. The van der Waals surface area contributed by atoms with E-state index in [4.69, 9.17) is 12.2 Å². The zero-order valence-electron chi connectivity index (χ0n) is 6.47. The highest BCUT2D eigenvalue weighted by atomic mass is 32.1. The van der Waals surface area contributed by atoms with Gasteiger partial charge < -0.3 is 4.90 Å². The molecule has 0 unspecified atom stereocenters. The molecule has 60 valence electrons. The Balaban J connectivity index is 2.23. The van der Waals surface area contributed by atoms with Gasteiger partial charge in [-0.15, -0.1) is 0 Å². The third kappa shape index (κ3) is 1.36. The average Bonchev–Trinajstić information content (AvgIpc) is 2.54. The van der Waals surface area contributed by atoms with E-state index in [0.717, 1.165) is 17.2 Å². The van der Waals surface area contributed by atoms with Gasteiger partial charge in [0.2, 0.25) is 0 Å². The normalized spacial score (nSPS) is 15.7. The van der Waals surface area contributed by atoms with Crippen LogP contribution >= 0.6 is 12.2 Å². The molecule has 0 aromatic heterocycles. The van der Waals surface area contributed by atoms with Crippen LogP contribution in [0.4, 0.5) is 5.69 Å². The maximum atomic E-state index is 4.96. The summed E-state index contributed by atoms with van der Waals surface area (Å²) < 4.78 is 0. The number of nitrogens with zero attached hydrogens (tertiary/aromatic N) is 2. The van der Waals surface area contributed by atoms with Gasteiger partial charge >= 0.3 is 0 Å². The predicted octanol–water partition coefficient (Wildman–Crippen LogP) is 1.86.